The minimum absolute atomic E-state index is 0.604. The second-order valence-corrected chi connectivity index (χ2v) is 4.85. The Morgan fingerprint density at radius 3 is 2.06 bits per heavy atom. The van der Waals surface area contributed by atoms with Crippen molar-refractivity contribution in [2.45, 2.75) is 6.92 Å². The molecule has 1 nitrogen and oxygen atoms in total. The summed E-state index contributed by atoms with van der Waals surface area (Å²) in [6, 6.07) is 19.3. The van der Waals surface area contributed by atoms with Crippen LogP contribution in [0.1, 0.15) is 12.5 Å². The molecule has 0 aromatic heterocycles. The Morgan fingerprint density at radius 1 is 0.833 bits per heavy atom. The summed E-state index contributed by atoms with van der Waals surface area (Å²) >= 11 is 0. The van der Waals surface area contributed by atoms with Gasteiger partial charge in [0.15, 0.2) is 0 Å². The van der Waals surface area contributed by atoms with Gasteiger partial charge in [-0.2, -0.15) is 0 Å². The van der Waals surface area contributed by atoms with Crippen LogP contribution in [-0.2, 0) is 0 Å². The Hall–Kier alpha value is -2.02. The zero-order chi connectivity index (χ0) is 12.4. The van der Waals surface area contributed by atoms with Crippen LogP contribution >= 0.6 is 0 Å². The van der Waals surface area contributed by atoms with Crippen molar-refractivity contribution < 1.29 is 0 Å². The van der Waals surface area contributed by atoms with E-state index in [-0.39, 0.29) is 0 Å². The van der Waals surface area contributed by atoms with E-state index in [9.17, 15) is 0 Å². The van der Waals surface area contributed by atoms with E-state index in [0.29, 0.717) is 5.92 Å². The third-order valence-electron chi connectivity index (χ3n) is 3.54. The fourth-order valence-corrected chi connectivity index (χ4v) is 2.45. The number of hydrogen-bond acceptors (Lipinski definition) is 1. The van der Waals surface area contributed by atoms with Crippen LogP contribution < -0.4 is 5.32 Å². The lowest BCUT2D eigenvalue weighted by Crippen LogP contribution is -2.05. The minimum Gasteiger partial charge on any atom is -0.390 e. The normalized spacial score (nSPS) is 18.3. The molecule has 1 aliphatic rings. The predicted molar refractivity (Wildman–Crippen MR) is 77.0 cm³/mol. The number of nitrogens with one attached hydrogen (secondary N) is 1. The molecule has 0 aliphatic carbocycles. The van der Waals surface area contributed by atoms with E-state index >= 15 is 0 Å². The van der Waals surface area contributed by atoms with Crippen LogP contribution in [0.25, 0.3) is 16.7 Å². The van der Waals surface area contributed by atoms with Crippen molar-refractivity contribution in [3.63, 3.8) is 0 Å². The van der Waals surface area contributed by atoms with Crippen LogP contribution in [-0.4, -0.2) is 6.54 Å². The second kappa shape index (κ2) is 4.69. The first kappa shape index (κ1) is 11.1. The fourth-order valence-electron chi connectivity index (χ4n) is 2.45. The highest BCUT2D eigenvalue weighted by atomic mass is 14.9. The topological polar surface area (TPSA) is 12.0 Å². The molecular formula is C17H17N. The summed E-state index contributed by atoms with van der Waals surface area (Å²) in [5.74, 6) is 0.604. The van der Waals surface area contributed by atoms with E-state index in [2.05, 4.69) is 73.0 Å². The van der Waals surface area contributed by atoms with Gasteiger partial charge >= 0.3 is 0 Å². The van der Waals surface area contributed by atoms with Gasteiger partial charge in [0.1, 0.15) is 0 Å². The maximum absolute atomic E-state index is 3.30. The monoisotopic (exact) mass is 235 g/mol. The molecule has 0 amide bonds. The third kappa shape index (κ3) is 2.04. The predicted octanol–water partition coefficient (Wildman–Crippen LogP) is 3.93. The lowest BCUT2D eigenvalue weighted by molar-refractivity contribution is 0.735. The Morgan fingerprint density at radius 2 is 1.44 bits per heavy atom. The van der Waals surface area contributed by atoms with Crippen molar-refractivity contribution >= 4 is 5.57 Å². The molecule has 2 aromatic carbocycles. The number of benzene rings is 2. The SMILES string of the molecule is CC1CNC=C1c1ccc(-c2ccccc2)cc1. The maximum Gasteiger partial charge on any atom is 0.0208 e. The summed E-state index contributed by atoms with van der Waals surface area (Å²) in [6.45, 7) is 3.31. The smallest absolute Gasteiger partial charge is 0.0208 e. The summed E-state index contributed by atoms with van der Waals surface area (Å²) in [7, 11) is 0. The van der Waals surface area contributed by atoms with Crippen molar-refractivity contribution in [1.82, 2.24) is 5.32 Å². The standard InChI is InChI=1S/C17H17N/c1-13-11-18-12-17(13)16-9-7-15(8-10-16)14-5-3-2-4-6-14/h2-10,12-13,18H,11H2,1H3. The van der Waals surface area contributed by atoms with Crippen LogP contribution in [0.2, 0.25) is 0 Å². The fraction of sp³-hybridized carbons (Fsp3) is 0.176. The zero-order valence-corrected chi connectivity index (χ0v) is 10.6. The van der Waals surface area contributed by atoms with Crippen molar-refractivity contribution in [2.75, 3.05) is 6.54 Å². The van der Waals surface area contributed by atoms with Crippen LogP contribution in [0.5, 0.6) is 0 Å². The lowest BCUT2D eigenvalue weighted by Gasteiger charge is -2.09. The van der Waals surface area contributed by atoms with Gasteiger partial charge in [-0.25, -0.2) is 0 Å². The first-order valence-electron chi connectivity index (χ1n) is 6.44. The third-order valence-corrected chi connectivity index (χ3v) is 3.54. The van der Waals surface area contributed by atoms with E-state index < -0.39 is 0 Å². The molecule has 2 aromatic rings. The first-order valence-corrected chi connectivity index (χ1v) is 6.44. The van der Waals surface area contributed by atoms with E-state index in [1.165, 1.54) is 22.3 Å². The van der Waals surface area contributed by atoms with Crippen LogP contribution in [0, 0.1) is 5.92 Å². The van der Waals surface area contributed by atoms with E-state index in [4.69, 9.17) is 0 Å². The quantitative estimate of drug-likeness (QED) is 0.831. The van der Waals surface area contributed by atoms with Crippen LogP contribution in [0.3, 0.4) is 0 Å². The minimum atomic E-state index is 0.604. The van der Waals surface area contributed by atoms with Crippen molar-refractivity contribution in [3.8, 4) is 11.1 Å². The van der Waals surface area contributed by atoms with Gasteiger partial charge < -0.3 is 5.32 Å². The Bertz CT molecular complexity index is 552. The molecular weight excluding hydrogens is 218 g/mol. The summed E-state index contributed by atoms with van der Waals surface area (Å²) in [6.07, 6.45) is 2.14. The zero-order valence-electron chi connectivity index (χ0n) is 10.6. The van der Waals surface area contributed by atoms with Crippen molar-refractivity contribution in [2.24, 2.45) is 5.92 Å². The molecule has 1 aliphatic heterocycles. The highest BCUT2D eigenvalue weighted by Gasteiger charge is 2.15. The molecule has 0 bridgehead atoms. The largest absolute Gasteiger partial charge is 0.390 e. The Kier molecular flexibility index (Phi) is 2.89. The number of rotatable bonds is 2. The lowest BCUT2D eigenvalue weighted by atomic mass is 9.95. The average Bonchev–Trinajstić information content (AvgIpc) is 2.86. The average molecular weight is 235 g/mol. The first-order chi connectivity index (χ1) is 8.84. The van der Waals surface area contributed by atoms with Gasteiger partial charge in [-0.3, -0.25) is 0 Å². The van der Waals surface area contributed by atoms with Gasteiger partial charge in [0.25, 0.3) is 0 Å². The molecule has 0 radical (unpaired) electrons. The molecule has 0 fully saturated rings. The van der Waals surface area contributed by atoms with Crippen LogP contribution in [0.15, 0.2) is 60.8 Å². The summed E-state index contributed by atoms with van der Waals surface area (Å²) in [5, 5.41) is 3.30. The molecule has 0 spiro atoms. The molecule has 1 heterocycles. The van der Waals surface area contributed by atoms with Gasteiger partial charge in [0.05, 0.1) is 0 Å². The van der Waals surface area contributed by atoms with E-state index in [1.54, 1.807) is 0 Å². The summed E-state index contributed by atoms with van der Waals surface area (Å²) < 4.78 is 0. The van der Waals surface area contributed by atoms with Crippen molar-refractivity contribution in [1.29, 1.82) is 0 Å². The molecule has 1 unspecified atom stereocenters. The molecule has 90 valence electrons. The highest BCUT2D eigenvalue weighted by molar-refractivity contribution is 5.72. The van der Waals surface area contributed by atoms with Gasteiger partial charge in [0, 0.05) is 18.7 Å². The number of hydrogen-bond donors (Lipinski definition) is 1. The Balaban J connectivity index is 1.90. The molecule has 1 heteroatoms. The molecule has 3 rings (SSSR count). The van der Waals surface area contributed by atoms with Gasteiger partial charge in [-0.05, 0) is 22.3 Å². The molecule has 0 saturated carbocycles. The summed E-state index contributed by atoms with van der Waals surface area (Å²) in [4.78, 5) is 0. The Labute approximate surface area is 108 Å². The maximum atomic E-state index is 3.30. The van der Waals surface area contributed by atoms with Gasteiger partial charge in [-0.1, -0.05) is 61.5 Å². The van der Waals surface area contributed by atoms with Crippen molar-refractivity contribution in [3.05, 3.63) is 66.4 Å². The van der Waals surface area contributed by atoms with E-state index in [1.807, 2.05) is 0 Å². The van der Waals surface area contributed by atoms with Gasteiger partial charge in [0.2, 0.25) is 0 Å². The molecule has 0 saturated heterocycles. The molecule has 18 heavy (non-hydrogen) atoms. The second-order valence-electron chi connectivity index (χ2n) is 4.85. The highest BCUT2D eigenvalue weighted by Crippen LogP contribution is 2.28. The molecule has 1 atom stereocenters. The summed E-state index contributed by atoms with van der Waals surface area (Å²) in [5.41, 5.74) is 5.29. The van der Waals surface area contributed by atoms with E-state index in [0.717, 1.165) is 6.54 Å². The molecule has 1 N–H and O–H groups in total. The van der Waals surface area contributed by atoms with Crippen LogP contribution in [0.4, 0.5) is 0 Å². The van der Waals surface area contributed by atoms with Gasteiger partial charge in [-0.15, -0.1) is 0 Å².